The van der Waals surface area contributed by atoms with E-state index < -0.39 is 11.8 Å². The maximum Gasteiger partial charge on any atom is 0.331 e. The first-order valence-electron chi connectivity index (χ1n) is 14.2. The van der Waals surface area contributed by atoms with Crippen LogP contribution in [-0.2, 0) is 34.0 Å². The van der Waals surface area contributed by atoms with Crippen molar-refractivity contribution in [1.29, 1.82) is 0 Å². The SMILES string of the molecule is COCC/C(=C\c1cnc(CN2CCC(c3cccc(OCc4ccc(Cl)cc4F)n3)CC2)n1C[C@@H]1CCO1)C(=O)O. The van der Waals surface area contributed by atoms with Gasteiger partial charge in [-0.15, -0.1) is 0 Å². The molecule has 2 aliphatic rings. The Balaban J connectivity index is 1.21. The second-order valence-corrected chi connectivity index (χ2v) is 11.1. The fourth-order valence-corrected chi connectivity index (χ4v) is 5.42. The largest absolute Gasteiger partial charge is 0.478 e. The molecule has 2 aliphatic heterocycles. The van der Waals surface area contributed by atoms with E-state index in [4.69, 9.17) is 35.8 Å². The molecule has 0 aliphatic carbocycles. The summed E-state index contributed by atoms with van der Waals surface area (Å²) in [6.07, 6.45) is 6.72. The van der Waals surface area contributed by atoms with Crippen LogP contribution >= 0.6 is 11.6 Å². The number of aliphatic carboxylic acids is 1. The zero-order chi connectivity index (χ0) is 29.5. The molecule has 1 N–H and O–H groups in total. The zero-order valence-electron chi connectivity index (χ0n) is 23.7. The number of halogens is 2. The highest BCUT2D eigenvalue weighted by Crippen LogP contribution is 2.29. The molecule has 0 spiro atoms. The molecule has 4 heterocycles. The Bertz CT molecular complexity index is 1400. The first-order chi connectivity index (χ1) is 20.4. The lowest BCUT2D eigenvalue weighted by atomic mass is 9.93. The topological polar surface area (TPSA) is 98.9 Å². The van der Waals surface area contributed by atoms with E-state index in [1.807, 2.05) is 12.1 Å². The number of carbonyl (C=O) groups is 1. The minimum atomic E-state index is -0.955. The van der Waals surface area contributed by atoms with Gasteiger partial charge in [-0.05, 0) is 56.6 Å². The lowest BCUT2D eigenvalue weighted by Crippen LogP contribution is -2.35. The second-order valence-electron chi connectivity index (χ2n) is 10.7. The summed E-state index contributed by atoms with van der Waals surface area (Å²) in [5.41, 5.74) is 2.45. The van der Waals surface area contributed by atoms with Gasteiger partial charge in [-0.1, -0.05) is 23.7 Å². The molecule has 11 heteroatoms. The van der Waals surface area contributed by atoms with E-state index in [-0.39, 0.29) is 24.2 Å². The first kappa shape index (κ1) is 30.2. The molecule has 1 atom stereocenters. The van der Waals surface area contributed by atoms with E-state index in [1.165, 1.54) is 6.07 Å². The number of ether oxygens (including phenoxy) is 3. The standard InChI is InChI=1S/C31H36ClFN4O5/c1-40-13-9-22(31(38)39)15-25-17-34-29(37(25)18-26-10-14-41-26)19-36-11-7-21(8-12-36)28-3-2-4-30(35-28)42-20-23-5-6-24(32)16-27(23)33/h2-6,15-17,21,26H,7-14,18-20H2,1H3,(H,38,39)/b22-15+/t26-/m0/s1. The van der Waals surface area contributed by atoms with Crippen molar-refractivity contribution in [3.05, 3.63) is 81.8 Å². The van der Waals surface area contributed by atoms with Gasteiger partial charge in [0.1, 0.15) is 18.2 Å². The van der Waals surface area contributed by atoms with E-state index >= 15 is 0 Å². The fourth-order valence-electron chi connectivity index (χ4n) is 5.26. The Morgan fingerprint density at radius 2 is 2.05 bits per heavy atom. The number of carboxylic acids is 1. The van der Waals surface area contributed by atoms with Gasteiger partial charge in [-0.3, -0.25) is 4.90 Å². The van der Waals surface area contributed by atoms with Crippen molar-refractivity contribution in [2.45, 2.75) is 57.4 Å². The minimum Gasteiger partial charge on any atom is -0.478 e. The van der Waals surface area contributed by atoms with E-state index in [9.17, 15) is 14.3 Å². The van der Waals surface area contributed by atoms with Gasteiger partial charge >= 0.3 is 5.97 Å². The first-order valence-corrected chi connectivity index (χ1v) is 14.6. The monoisotopic (exact) mass is 598 g/mol. The van der Waals surface area contributed by atoms with Crippen LogP contribution in [-0.4, -0.2) is 70.0 Å². The zero-order valence-corrected chi connectivity index (χ0v) is 24.4. The van der Waals surface area contributed by atoms with Crippen LogP contribution in [0.15, 0.2) is 48.2 Å². The van der Waals surface area contributed by atoms with Gasteiger partial charge in [0.15, 0.2) is 0 Å². The van der Waals surface area contributed by atoms with E-state index in [2.05, 4.69) is 9.47 Å². The predicted octanol–water partition coefficient (Wildman–Crippen LogP) is 5.32. The third kappa shape index (κ3) is 7.74. The summed E-state index contributed by atoms with van der Waals surface area (Å²) in [5.74, 6) is 0.301. The smallest absolute Gasteiger partial charge is 0.331 e. The van der Waals surface area contributed by atoms with E-state index in [0.29, 0.717) is 42.6 Å². The number of benzene rings is 1. The molecule has 5 rings (SSSR count). The second kappa shape index (κ2) is 14.2. The van der Waals surface area contributed by atoms with Crippen molar-refractivity contribution in [1.82, 2.24) is 19.4 Å². The van der Waals surface area contributed by atoms with Crippen LogP contribution in [0.5, 0.6) is 5.88 Å². The summed E-state index contributed by atoms with van der Waals surface area (Å²) < 4.78 is 32.8. The number of pyridine rings is 1. The fraction of sp³-hybridized carbons (Fsp3) is 0.452. The molecule has 42 heavy (non-hydrogen) atoms. The molecule has 2 fully saturated rings. The minimum absolute atomic E-state index is 0.0773. The normalized spacial score (nSPS) is 18.2. The number of nitrogens with zero attached hydrogens (tertiary/aromatic N) is 4. The molecule has 2 saturated heterocycles. The van der Waals surface area contributed by atoms with Crippen molar-refractivity contribution < 1.29 is 28.5 Å². The van der Waals surface area contributed by atoms with Crippen LogP contribution < -0.4 is 4.74 Å². The molecule has 2 aromatic heterocycles. The molecule has 0 amide bonds. The van der Waals surface area contributed by atoms with Crippen LogP contribution in [0.1, 0.15) is 54.4 Å². The number of carboxylic acid groups (broad SMARTS) is 1. The summed E-state index contributed by atoms with van der Waals surface area (Å²) in [5, 5.41) is 10.0. The highest BCUT2D eigenvalue weighted by atomic mass is 35.5. The number of piperidine rings is 1. The average molecular weight is 599 g/mol. The van der Waals surface area contributed by atoms with Gasteiger partial charge in [0, 0.05) is 54.0 Å². The van der Waals surface area contributed by atoms with Crippen molar-refractivity contribution >= 4 is 23.6 Å². The molecule has 0 unspecified atom stereocenters. The van der Waals surface area contributed by atoms with Gasteiger partial charge in [-0.2, -0.15) is 0 Å². The van der Waals surface area contributed by atoms with Crippen LogP contribution in [0.3, 0.4) is 0 Å². The molecular weight excluding hydrogens is 563 g/mol. The maximum absolute atomic E-state index is 14.1. The van der Waals surface area contributed by atoms with Crippen LogP contribution in [0.4, 0.5) is 4.39 Å². The maximum atomic E-state index is 14.1. The summed E-state index contributed by atoms with van der Waals surface area (Å²) in [7, 11) is 1.56. The number of methoxy groups -OCH3 is 1. The van der Waals surface area contributed by atoms with Crippen LogP contribution in [0.2, 0.25) is 5.02 Å². The van der Waals surface area contributed by atoms with Gasteiger partial charge < -0.3 is 23.9 Å². The summed E-state index contributed by atoms with van der Waals surface area (Å²) in [4.78, 5) is 23.6. The van der Waals surface area contributed by atoms with Crippen LogP contribution in [0, 0.1) is 5.82 Å². The van der Waals surface area contributed by atoms with E-state index in [0.717, 1.165) is 56.2 Å². The van der Waals surface area contributed by atoms with Crippen molar-refractivity contribution in [2.75, 3.05) is 33.4 Å². The molecule has 0 radical (unpaired) electrons. The summed E-state index contributed by atoms with van der Waals surface area (Å²) in [6.45, 7) is 4.22. The number of aromatic nitrogens is 3. The molecule has 0 bridgehead atoms. The molecule has 9 nitrogen and oxygen atoms in total. The van der Waals surface area contributed by atoms with E-state index in [1.54, 1.807) is 37.6 Å². The number of hydrogen-bond donors (Lipinski definition) is 1. The Morgan fingerprint density at radius 3 is 2.74 bits per heavy atom. The van der Waals surface area contributed by atoms with Gasteiger partial charge in [0.05, 0.1) is 37.7 Å². The van der Waals surface area contributed by atoms with Gasteiger partial charge in [0.25, 0.3) is 0 Å². The van der Waals surface area contributed by atoms with Crippen molar-refractivity contribution in [3.8, 4) is 5.88 Å². The molecule has 1 aromatic carbocycles. The number of hydrogen-bond acceptors (Lipinski definition) is 7. The number of imidazole rings is 1. The highest BCUT2D eigenvalue weighted by Gasteiger charge is 2.26. The highest BCUT2D eigenvalue weighted by molar-refractivity contribution is 6.30. The summed E-state index contributed by atoms with van der Waals surface area (Å²) >= 11 is 5.85. The van der Waals surface area contributed by atoms with Crippen LogP contribution in [0.25, 0.3) is 6.08 Å². The third-order valence-corrected chi connectivity index (χ3v) is 8.06. The Hall–Kier alpha value is -3.31. The van der Waals surface area contributed by atoms with Crippen molar-refractivity contribution in [3.63, 3.8) is 0 Å². The quantitative estimate of drug-likeness (QED) is 0.264. The Kier molecular flexibility index (Phi) is 10.2. The lowest BCUT2D eigenvalue weighted by molar-refractivity contribution is -0.132. The van der Waals surface area contributed by atoms with Gasteiger partial charge in [-0.25, -0.2) is 19.2 Å². The predicted molar refractivity (Wildman–Crippen MR) is 156 cm³/mol. The summed E-state index contributed by atoms with van der Waals surface area (Å²) in [6, 6.07) is 10.3. The van der Waals surface area contributed by atoms with Gasteiger partial charge in [0.2, 0.25) is 5.88 Å². The third-order valence-electron chi connectivity index (χ3n) is 7.83. The molecule has 3 aromatic rings. The Morgan fingerprint density at radius 1 is 1.24 bits per heavy atom. The molecule has 224 valence electrons. The lowest BCUT2D eigenvalue weighted by Gasteiger charge is -2.32. The molecular formula is C31H36ClFN4O5. The molecule has 0 saturated carbocycles. The number of likely N-dealkylation sites (tertiary alicyclic amines) is 1. The average Bonchev–Trinajstić information content (AvgIpc) is 3.33. The Labute approximate surface area is 249 Å². The van der Waals surface area contributed by atoms with Crippen molar-refractivity contribution in [2.24, 2.45) is 0 Å². The number of rotatable bonds is 13.